The number of fused-ring (bicyclic) bond motifs is 1. The predicted octanol–water partition coefficient (Wildman–Crippen LogP) is 2.20. The van der Waals surface area contributed by atoms with Crippen molar-refractivity contribution in [2.75, 3.05) is 22.9 Å². The van der Waals surface area contributed by atoms with Crippen LogP contribution >= 0.6 is 0 Å². The zero-order valence-corrected chi connectivity index (χ0v) is 13.2. The monoisotopic (exact) mass is 317 g/mol. The number of nitrogens with zero attached hydrogens (tertiary/aromatic N) is 4. The van der Waals surface area contributed by atoms with E-state index < -0.39 is 9.92 Å². The zero-order chi connectivity index (χ0) is 15.9. The highest BCUT2D eigenvalue weighted by Gasteiger charge is 2.24. The molecule has 0 aromatic carbocycles. The SMILES string of the molecule is CC(=O)Nc1cc(-c2cnc3c(c2)N(C)S(C)(=O)=N3)ccn1. The molecule has 1 aliphatic heterocycles. The first-order valence-electron chi connectivity index (χ1n) is 6.57. The molecule has 0 saturated carbocycles. The van der Waals surface area contributed by atoms with E-state index >= 15 is 0 Å². The molecule has 1 unspecified atom stereocenters. The quantitative estimate of drug-likeness (QED) is 0.919. The molecule has 2 aromatic heterocycles. The lowest BCUT2D eigenvalue weighted by atomic mass is 10.1. The Morgan fingerprint density at radius 3 is 2.77 bits per heavy atom. The summed E-state index contributed by atoms with van der Waals surface area (Å²) in [7, 11) is -0.696. The number of aromatic nitrogens is 2. The highest BCUT2D eigenvalue weighted by atomic mass is 32.2. The first-order chi connectivity index (χ1) is 10.4. The Balaban J connectivity index is 2.01. The molecule has 0 fully saturated rings. The van der Waals surface area contributed by atoms with E-state index in [1.165, 1.54) is 6.92 Å². The molecule has 1 atom stereocenters. The number of carbonyl (C=O) groups excluding carboxylic acids is 1. The van der Waals surface area contributed by atoms with Gasteiger partial charge in [0.1, 0.15) is 15.7 Å². The maximum Gasteiger partial charge on any atom is 0.222 e. The minimum absolute atomic E-state index is 0.180. The number of amides is 1. The standard InChI is InChI=1S/C14H15N5O2S/c1-9(20)17-13-7-10(4-5-15-13)11-6-12-14(16-8-11)18-22(3,21)19(12)2/h4-8H,1-3H3,(H,15,17,20). The summed E-state index contributed by atoms with van der Waals surface area (Å²) in [6.45, 7) is 1.43. The second-order valence-corrected chi connectivity index (χ2v) is 7.28. The minimum atomic E-state index is -2.43. The first kappa shape index (κ1) is 14.5. The Bertz CT molecular complexity index is 887. The molecule has 3 heterocycles. The average molecular weight is 317 g/mol. The molecule has 2 aromatic rings. The van der Waals surface area contributed by atoms with Crippen molar-refractivity contribution in [2.45, 2.75) is 6.92 Å². The van der Waals surface area contributed by atoms with Crippen molar-refractivity contribution in [3.8, 4) is 11.1 Å². The van der Waals surface area contributed by atoms with Gasteiger partial charge in [0.2, 0.25) is 5.91 Å². The Hall–Kier alpha value is -2.48. The molecule has 0 spiro atoms. The molecule has 3 rings (SSSR count). The van der Waals surface area contributed by atoms with Crippen LogP contribution in [0.2, 0.25) is 0 Å². The number of anilines is 2. The van der Waals surface area contributed by atoms with E-state index in [2.05, 4.69) is 19.6 Å². The van der Waals surface area contributed by atoms with Gasteiger partial charge in [-0.3, -0.25) is 9.10 Å². The molecular weight excluding hydrogens is 302 g/mol. The number of nitrogens with one attached hydrogen (secondary N) is 1. The van der Waals surface area contributed by atoms with Gasteiger partial charge in [-0.05, 0) is 23.8 Å². The summed E-state index contributed by atoms with van der Waals surface area (Å²) in [4.78, 5) is 19.5. The van der Waals surface area contributed by atoms with Gasteiger partial charge in [-0.1, -0.05) is 0 Å². The van der Waals surface area contributed by atoms with Crippen molar-refractivity contribution < 1.29 is 9.00 Å². The van der Waals surface area contributed by atoms with E-state index in [-0.39, 0.29) is 5.91 Å². The van der Waals surface area contributed by atoms with Gasteiger partial charge >= 0.3 is 0 Å². The maximum absolute atomic E-state index is 12.3. The molecule has 8 heteroatoms. The summed E-state index contributed by atoms with van der Waals surface area (Å²) in [5.74, 6) is 0.777. The van der Waals surface area contributed by atoms with Gasteiger partial charge in [0, 0.05) is 38.2 Å². The maximum atomic E-state index is 12.3. The minimum Gasteiger partial charge on any atom is -0.311 e. The molecule has 1 amide bonds. The average Bonchev–Trinajstić information content (AvgIpc) is 2.68. The van der Waals surface area contributed by atoms with Crippen LogP contribution in [0.4, 0.5) is 17.3 Å². The van der Waals surface area contributed by atoms with Gasteiger partial charge in [0.25, 0.3) is 0 Å². The van der Waals surface area contributed by atoms with E-state index in [4.69, 9.17) is 0 Å². The topological polar surface area (TPSA) is 87.5 Å². The Morgan fingerprint density at radius 1 is 1.27 bits per heavy atom. The fourth-order valence-electron chi connectivity index (χ4n) is 2.17. The highest BCUT2D eigenvalue weighted by Crippen LogP contribution is 2.37. The van der Waals surface area contributed by atoms with Crippen molar-refractivity contribution in [1.82, 2.24) is 9.97 Å². The van der Waals surface area contributed by atoms with E-state index in [0.717, 1.165) is 16.8 Å². The Labute approximate surface area is 128 Å². The molecule has 0 bridgehead atoms. The van der Waals surface area contributed by atoms with E-state index in [1.807, 2.05) is 12.1 Å². The normalized spacial score (nSPS) is 19.5. The largest absolute Gasteiger partial charge is 0.311 e. The smallest absolute Gasteiger partial charge is 0.222 e. The van der Waals surface area contributed by atoms with Crippen molar-refractivity contribution >= 4 is 33.1 Å². The molecule has 7 nitrogen and oxygen atoms in total. The zero-order valence-electron chi connectivity index (χ0n) is 12.4. The summed E-state index contributed by atoms with van der Waals surface area (Å²) in [6.07, 6.45) is 4.87. The Kier molecular flexibility index (Phi) is 3.32. The van der Waals surface area contributed by atoms with Gasteiger partial charge in [0.05, 0.1) is 5.69 Å². The summed E-state index contributed by atoms with van der Waals surface area (Å²) < 4.78 is 18.0. The van der Waals surface area contributed by atoms with Gasteiger partial charge in [0.15, 0.2) is 5.82 Å². The van der Waals surface area contributed by atoms with Crippen molar-refractivity contribution in [3.63, 3.8) is 0 Å². The van der Waals surface area contributed by atoms with E-state index in [9.17, 15) is 9.00 Å². The van der Waals surface area contributed by atoms with Gasteiger partial charge in [-0.25, -0.2) is 14.2 Å². The van der Waals surface area contributed by atoms with Crippen LogP contribution in [0.3, 0.4) is 0 Å². The molecular formula is C14H15N5O2S. The molecule has 1 aliphatic rings. The summed E-state index contributed by atoms with van der Waals surface area (Å²) in [5, 5.41) is 2.64. The third-order valence-corrected chi connectivity index (χ3v) is 5.07. The fourth-order valence-corrected chi connectivity index (χ4v) is 3.25. The third-order valence-electron chi connectivity index (χ3n) is 3.35. The molecule has 0 saturated heterocycles. The lowest BCUT2D eigenvalue weighted by molar-refractivity contribution is -0.114. The van der Waals surface area contributed by atoms with Crippen LogP contribution in [-0.4, -0.2) is 33.4 Å². The number of pyridine rings is 2. The first-order valence-corrected chi connectivity index (χ1v) is 8.45. The fraction of sp³-hybridized carbons (Fsp3) is 0.214. The van der Waals surface area contributed by atoms with Crippen LogP contribution in [0.25, 0.3) is 11.1 Å². The van der Waals surface area contributed by atoms with Crippen molar-refractivity contribution in [3.05, 3.63) is 30.6 Å². The molecule has 0 radical (unpaired) electrons. The lowest BCUT2D eigenvalue weighted by Gasteiger charge is -2.14. The van der Waals surface area contributed by atoms with E-state index in [0.29, 0.717) is 11.6 Å². The highest BCUT2D eigenvalue weighted by molar-refractivity contribution is 7.94. The summed E-state index contributed by atoms with van der Waals surface area (Å²) in [6, 6.07) is 5.47. The van der Waals surface area contributed by atoms with Crippen LogP contribution in [-0.2, 0) is 14.7 Å². The second-order valence-electron chi connectivity index (χ2n) is 5.03. The molecule has 0 aliphatic carbocycles. The van der Waals surface area contributed by atoms with E-state index in [1.54, 1.807) is 36.1 Å². The van der Waals surface area contributed by atoms with Crippen LogP contribution in [0, 0.1) is 0 Å². The third kappa shape index (κ3) is 2.52. The number of rotatable bonds is 2. The lowest BCUT2D eigenvalue weighted by Crippen LogP contribution is -2.20. The van der Waals surface area contributed by atoms with Crippen LogP contribution in [0.15, 0.2) is 35.0 Å². The molecule has 22 heavy (non-hydrogen) atoms. The number of hydrogen-bond acceptors (Lipinski definition) is 5. The van der Waals surface area contributed by atoms with Crippen molar-refractivity contribution in [1.29, 1.82) is 0 Å². The van der Waals surface area contributed by atoms with Crippen molar-refractivity contribution in [2.24, 2.45) is 4.36 Å². The van der Waals surface area contributed by atoms with Gasteiger partial charge in [-0.2, -0.15) is 4.36 Å². The molecule has 114 valence electrons. The van der Waals surface area contributed by atoms with Crippen LogP contribution < -0.4 is 9.62 Å². The van der Waals surface area contributed by atoms with Crippen LogP contribution in [0.5, 0.6) is 0 Å². The predicted molar refractivity (Wildman–Crippen MR) is 86.3 cm³/mol. The second kappa shape index (κ2) is 5.06. The summed E-state index contributed by atoms with van der Waals surface area (Å²) >= 11 is 0. The molecule has 1 N–H and O–H groups in total. The number of carbonyl (C=O) groups is 1. The Morgan fingerprint density at radius 2 is 2.05 bits per heavy atom. The number of hydrogen-bond donors (Lipinski definition) is 1. The summed E-state index contributed by atoms with van der Waals surface area (Å²) in [5.41, 5.74) is 2.42. The van der Waals surface area contributed by atoms with Crippen LogP contribution in [0.1, 0.15) is 6.92 Å². The van der Waals surface area contributed by atoms with Gasteiger partial charge in [-0.15, -0.1) is 0 Å². The van der Waals surface area contributed by atoms with Gasteiger partial charge < -0.3 is 5.32 Å².